The summed E-state index contributed by atoms with van der Waals surface area (Å²) in [5.74, 6) is -0.0430. The molecule has 1 fully saturated rings. The standard InChI is InChI=1S/C15H25N5O2/c1-3-4-6-12(18-15(16)22)14(21)20-8-5-7-13(20)11-9-17-19(2)10-11/h9-10,12-13H,3-8H2,1-2H3,(H3,16,18,22)/t12-,13-/m0/s1. The van der Waals surface area contributed by atoms with Crippen molar-refractivity contribution >= 4 is 11.9 Å². The van der Waals surface area contributed by atoms with Gasteiger partial charge in [0.05, 0.1) is 12.2 Å². The highest BCUT2D eigenvalue weighted by Crippen LogP contribution is 2.32. The minimum atomic E-state index is -0.647. The first kappa shape index (κ1) is 16.3. The molecular weight excluding hydrogens is 282 g/mol. The maximum absolute atomic E-state index is 12.8. The van der Waals surface area contributed by atoms with Crippen molar-refractivity contribution in [1.29, 1.82) is 0 Å². The van der Waals surface area contributed by atoms with E-state index in [2.05, 4.69) is 17.3 Å². The third kappa shape index (κ3) is 3.78. The van der Waals surface area contributed by atoms with Crippen LogP contribution in [0, 0.1) is 0 Å². The monoisotopic (exact) mass is 307 g/mol. The third-order valence-corrected chi connectivity index (χ3v) is 4.11. The maximum Gasteiger partial charge on any atom is 0.312 e. The Morgan fingerprint density at radius 1 is 1.55 bits per heavy atom. The van der Waals surface area contributed by atoms with Gasteiger partial charge in [0.25, 0.3) is 0 Å². The van der Waals surface area contributed by atoms with E-state index < -0.39 is 12.1 Å². The lowest BCUT2D eigenvalue weighted by molar-refractivity contribution is -0.134. The van der Waals surface area contributed by atoms with Crippen LogP contribution in [0.5, 0.6) is 0 Å². The first-order chi connectivity index (χ1) is 10.5. The number of carbonyl (C=O) groups excluding carboxylic acids is 2. The van der Waals surface area contributed by atoms with E-state index in [4.69, 9.17) is 5.73 Å². The number of nitrogens with two attached hydrogens (primary N) is 1. The number of rotatable bonds is 6. The number of hydrogen-bond acceptors (Lipinski definition) is 3. The highest BCUT2D eigenvalue weighted by molar-refractivity contribution is 5.87. The fourth-order valence-corrected chi connectivity index (χ4v) is 3.03. The Hall–Kier alpha value is -2.05. The maximum atomic E-state index is 12.8. The van der Waals surface area contributed by atoms with Crippen LogP contribution in [0.2, 0.25) is 0 Å². The van der Waals surface area contributed by atoms with Gasteiger partial charge in [-0.1, -0.05) is 19.8 Å². The van der Waals surface area contributed by atoms with Gasteiger partial charge in [0.15, 0.2) is 0 Å². The van der Waals surface area contributed by atoms with Crippen molar-refractivity contribution in [2.24, 2.45) is 12.8 Å². The molecule has 22 heavy (non-hydrogen) atoms. The molecule has 122 valence electrons. The molecule has 3 N–H and O–H groups in total. The number of likely N-dealkylation sites (tertiary alicyclic amines) is 1. The van der Waals surface area contributed by atoms with E-state index in [0.717, 1.165) is 31.2 Å². The van der Waals surface area contributed by atoms with Crippen molar-refractivity contribution in [3.63, 3.8) is 0 Å². The summed E-state index contributed by atoms with van der Waals surface area (Å²) in [7, 11) is 1.86. The zero-order valence-corrected chi connectivity index (χ0v) is 13.3. The average Bonchev–Trinajstić information content (AvgIpc) is 3.10. The number of nitrogens with one attached hydrogen (secondary N) is 1. The smallest absolute Gasteiger partial charge is 0.312 e. The lowest BCUT2D eigenvalue weighted by Crippen LogP contribution is -2.49. The van der Waals surface area contributed by atoms with Crippen LogP contribution in [0.15, 0.2) is 12.4 Å². The summed E-state index contributed by atoms with van der Waals surface area (Å²) in [5.41, 5.74) is 6.26. The van der Waals surface area contributed by atoms with Crippen molar-refractivity contribution < 1.29 is 9.59 Å². The van der Waals surface area contributed by atoms with Crippen LogP contribution < -0.4 is 11.1 Å². The van der Waals surface area contributed by atoms with Crippen molar-refractivity contribution in [2.45, 2.75) is 51.1 Å². The molecule has 1 aliphatic heterocycles. The molecule has 2 atom stereocenters. The SMILES string of the molecule is CCCC[C@H](NC(N)=O)C(=O)N1CCC[C@H]1c1cnn(C)c1. The van der Waals surface area contributed by atoms with Crippen molar-refractivity contribution in [3.8, 4) is 0 Å². The second kappa shape index (κ2) is 7.29. The molecule has 0 bridgehead atoms. The Labute approximate surface area is 130 Å². The summed E-state index contributed by atoms with van der Waals surface area (Å²) >= 11 is 0. The molecule has 1 aromatic rings. The molecule has 0 saturated carbocycles. The molecule has 0 unspecified atom stereocenters. The fraction of sp³-hybridized carbons (Fsp3) is 0.667. The number of urea groups is 1. The number of aromatic nitrogens is 2. The van der Waals surface area contributed by atoms with E-state index in [1.807, 2.05) is 18.1 Å². The van der Waals surface area contributed by atoms with Crippen molar-refractivity contribution in [2.75, 3.05) is 6.54 Å². The molecular formula is C15H25N5O2. The highest BCUT2D eigenvalue weighted by atomic mass is 16.2. The summed E-state index contributed by atoms with van der Waals surface area (Å²) in [4.78, 5) is 25.8. The van der Waals surface area contributed by atoms with Crippen molar-refractivity contribution in [1.82, 2.24) is 20.0 Å². The van der Waals surface area contributed by atoms with Gasteiger partial charge in [-0.25, -0.2) is 4.79 Å². The number of nitrogens with zero attached hydrogens (tertiary/aromatic N) is 3. The van der Waals surface area contributed by atoms with Crippen LogP contribution in [-0.4, -0.2) is 39.2 Å². The van der Waals surface area contributed by atoms with Gasteiger partial charge in [0, 0.05) is 25.4 Å². The van der Waals surface area contributed by atoms with Crippen LogP contribution in [0.4, 0.5) is 4.79 Å². The topological polar surface area (TPSA) is 93.2 Å². The molecule has 1 aromatic heterocycles. The van der Waals surface area contributed by atoms with E-state index in [1.165, 1.54) is 0 Å². The van der Waals surface area contributed by atoms with E-state index in [-0.39, 0.29) is 11.9 Å². The largest absolute Gasteiger partial charge is 0.352 e. The molecule has 0 radical (unpaired) electrons. The van der Waals surface area contributed by atoms with E-state index >= 15 is 0 Å². The van der Waals surface area contributed by atoms with Crippen LogP contribution in [0.1, 0.15) is 50.6 Å². The number of unbranched alkanes of at least 4 members (excludes halogenated alkanes) is 1. The molecule has 1 saturated heterocycles. The molecule has 0 aromatic carbocycles. The van der Waals surface area contributed by atoms with Crippen LogP contribution in [0.25, 0.3) is 0 Å². The molecule has 7 nitrogen and oxygen atoms in total. The lowest BCUT2D eigenvalue weighted by Gasteiger charge is -2.28. The molecule has 3 amide bonds. The van der Waals surface area contributed by atoms with Gasteiger partial charge >= 0.3 is 6.03 Å². The summed E-state index contributed by atoms with van der Waals surface area (Å²) in [6, 6.07) is -1.14. The zero-order valence-electron chi connectivity index (χ0n) is 13.3. The second-order valence-electron chi connectivity index (χ2n) is 5.84. The number of primary amides is 1. The average molecular weight is 307 g/mol. The Morgan fingerprint density at radius 3 is 2.91 bits per heavy atom. The molecule has 2 heterocycles. The predicted molar refractivity (Wildman–Crippen MR) is 82.9 cm³/mol. The predicted octanol–water partition coefficient (Wildman–Crippen LogP) is 1.31. The van der Waals surface area contributed by atoms with Crippen LogP contribution in [0.3, 0.4) is 0 Å². The summed E-state index contributed by atoms with van der Waals surface area (Å²) < 4.78 is 1.74. The number of amides is 3. The Balaban J connectivity index is 2.11. The van der Waals surface area contributed by atoms with Gasteiger partial charge < -0.3 is 16.0 Å². The minimum Gasteiger partial charge on any atom is -0.352 e. The molecule has 0 spiro atoms. The molecule has 7 heteroatoms. The normalized spacial score (nSPS) is 19.2. The Morgan fingerprint density at radius 2 is 2.32 bits per heavy atom. The Kier molecular flexibility index (Phi) is 5.41. The zero-order chi connectivity index (χ0) is 16.1. The summed E-state index contributed by atoms with van der Waals surface area (Å²) in [6.45, 7) is 2.77. The van der Waals surface area contributed by atoms with Gasteiger partial charge in [0.2, 0.25) is 5.91 Å². The second-order valence-corrected chi connectivity index (χ2v) is 5.84. The number of aryl methyl sites for hydroxylation is 1. The molecule has 2 rings (SSSR count). The Bertz CT molecular complexity index is 528. The van der Waals surface area contributed by atoms with Gasteiger partial charge in [-0.3, -0.25) is 9.48 Å². The van der Waals surface area contributed by atoms with E-state index in [9.17, 15) is 9.59 Å². The number of hydrogen-bond donors (Lipinski definition) is 2. The van der Waals surface area contributed by atoms with Gasteiger partial charge in [-0.15, -0.1) is 0 Å². The third-order valence-electron chi connectivity index (χ3n) is 4.11. The van der Waals surface area contributed by atoms with Crippen molar-refractivity contribution in [3.05, 3.63) is 18.0 Å². The first-order valence-corrected chi connectivity index (χ1v) is 7.88. The number of carbonyl (C=O) groups is 2. The van der Waals surface area contributed by atoms with Crippen LogP contribution >= 0.6 is 0 Å². The van der Waals surface area contributed by atoms with Gasteiger partial charge in [-0.2, -0.15) is 5.10 Å². The first-order valence-electron chi connectivity index (χ1n) is 7.88. The van der Waals surface area contributed by atoms with Gasteiger partial charge in [-0.05, 0) is 19.3 Å². The quantitative estimate of drug-likeness (QED) is 0.829. The molecule has 0 aliphatic carbocycles. The fourth-order valence-electron chi connectivity index (χ4n) is 3.03. The van der Waals surface area contributed by atoms with Gasteiger partial charge in [0.1, 0.15) is 6.04 Å². The molecule has 1 aliphatic rings. The van der Waals surface area contributed by atoms with Crippen LogP contribution in [-0.2, 0) is 11.8 Å². The van der Waals surface area contributed by atoms with E-state index in [1.54, 1.807) is 10.9 Å². The summed E-state index contributed by atoms with van der Waals surface area (Å²) in [5, 5.41) is 6.78. The minimum absolute atomic E-state index is 0.0417. The van der Waals surface area contributed by atoms with E-state index in [0.29, 0.717) is 13.0 Å². The highest BCUT2D eigenvalue weighted by Gasteiger charge is 2.34. The summed E-state index contributed by atoms with van der Waals surface area (Å²) in [6.07, 6.45) is 8.10. The lowest BCUT2D eigenvalue weighted by atomic mass is 10.1.